The van der Waals surface area contributed by atoms with Gasteiger partial charge in [-0.2, -0.15) is 0 Å². The summed E-state index contributed by atoms with van der Waals surface area (Å²) in [7, 11) is 0. The maximum absolute atomic E-state index is 13.3. The Labute approximate surface area is 174 Å². The minimum Gasteiger partial charge on any atom is -0.347 e. The lowest BCUT2D eigenvalue weighted by Gasteiger charge is -2.55. The van der Waals surface area contributed by atoms with Crippen molar-refractivity contribution >= 4 is 17.5 Å². The molecule has 0 aliphatic heterocycles. The lowest BCUT2D eigenvalue weighted by Crippen LogP contribution is -2.54. The van der Waals surface area contributed by atoms with Crippen LogP contribution < -0.4 is 10.6 Å². The van der Waals surface area contributed by atoms with E-state index < -0.39 is 0 Å². The summed E-state index contributed by atoms with van der Waals surface area (Å²) in [6, 6.07) is 6.02. The fourth-order valence-corrected chi connectivity index (χ4v) is 6.11. The second-order valence-electron chi connectivity index (χ2n) is 9.23. The molecule has 0 atom stereocenters. The molecule has 156 valence electrons. The normalized spacial score (nSPS) is 28.9. The lowest BCUT2D eigenvalue weighted by molar-refractivity contribution is -0.146. The van der Waals surface area contributed by atoms with Crippen LogP contribution in [-0.4, -0.2) is 28.3 Å². The molecule has 4 aliphatic rings. The maximum atomic E-state index is 13.3. The van der Waals surface area contributed by atoms with Crippen LogP contribution in [0, 0.1) is 29.0 Å². The van der Waals surface area contributed by atoms with Crippen molar-refractivity contribution in [2.75, 3.05) is 11.9 Å². The van der Waals surface area contributed by atoms with Gasteiger partial charge in [0.25, 0.3) is 0 Å². The van der Waals surface area contributed by atoms with E-state index in [4.69, 9.17) is 0 Å². The standard InChI is InChI=1S/C23H25FN4O2/c24-18-3-1-2-17(7-18)21-25-11-19(12-26-21)28-20(29)13-27-22(30)23-8-14-4-15(9-23)6-16(5-14)10-23/h1-3,7,11-12,14-16H,4-6,8-10,13H2,(H,27,30)(H,28,29). The van der Waals surface area contributed by atoms with Gasteiger partial charge in [-0.25, -0.2) is 14.4 Å². The molecular formula is C23H25FN4O2. The number of nitrogens with one attached hydrogen (secondary N) is 2. The summed E-state index contributed by atoms with van der Waals surface area (Å²) in [5, 5.41) is 5.58. The van der Waals surface area contributed by atoms with E-state index in [0.29, 0.717) is 34.8 Å². The molecule has 4 saturated carbocycles. The Kier molecular flexibility index (Phi) is 4.76. The Hall–Kier alpha value is -2.83. The third-order valence-electron chi connectivity index (χ3n) is 6.95. The van der Waals surface area contributed by atoms with E-state index in [2.05, 4.69) is 20.6 Å². The smallest absolute Gasteiger partial charge is 0.243 e. The molecule has 6 nitrogen and oxygen atoms in total. The summed E-state index contributed by atoms with van der Waals surface area (Å²) in [5.41, 5.74) is 0.741. The lowest BCUT2D eigenvalue weighted by atomic mass is 9.49. The quantitative estimate of drug-likeness (QED) is 0.792. The highest BCUT2D eigenvalue weighted by molar-refractivity contribution is 5.95. The molecule has 1 aromatic heterocycles. The van der Waals surface area contributed by atoms with Crippen molar-refractivity contribution in [1.29, 1.82) is 0 Å². The van der Waals surface area contributed by atoms with Crippen molar-refractivity contribution in [1.82, 2.24) is 15.3 Å². The van der Waals surface area contributed by atoms with Gasteiger partial charge in [0.1, 0.15) is 5.82 Å². The second-order valence-corrected chi connectivity index (χ2v) is 9.23. The summed E-state index contributed by atoms with van der Waals surface area (Å²) in [6.45, 7) is -0.0633. The molecule has 1 aromatic carbocycles. The summed E-state index contributed by atoms with van der Waals surface area (Å²) >= 11 is 0. The summed E-state index contributed by atoms with van der Waals surface area (Å²) in [4.78, 5) is 33.6. The summed E-state index contributed by atoms with van der Waals surface area (Å²) in [6.07, 6.45) is 9.71. The predicted octanol–water partition coefficient (Wildman–Crippen LogP) is 3.55. The van der Waals surface area contributed by atoms with Gasteiger partial charge in [-0.15, -0.1) is 0 Å². The first-order chi connectivity index (χ1) is 14.5. The Morgan fingerprint density at radius 1 is 1.03 bits per heavy atom. The Morgan fingerprint density at radius 3 is 2.27 bits per heavy atom. The molecule has 1 heterocycles. The molecule has 2 N–H and O–H groups in total. The molecule has 4 fully saturated rings. The van der Waals surface area contributed by atoms with Gasteiger partial charge < -0.3 is 10.6 Å². The van der Waals surface area contributed by atoms with Crippen LogP contribution in [0.15, 0.2) is 36.7 Å². The SMILES string of the molecule is O=C(CNC(=O)C12CC3CC(CC(C3)C1)C2)Nc1cnc(-c2cccc(F)c2)nc1. The highest BCUT2D eigenvalue weighted by Gasteiger charge is 2.54. The van der Waals surface area contributed by atoms with Gasteiger partial charge in [-0.05, 0) is 68.4 Å². The first kappa shape index (κ1) is 19.2. The molecule has 30 heavy (non-hydrogen) atoms. The van der Waals surface area contributed by atoms with Crippen molar-refractivity contribution in [2.45, 2.75) is 38.5 Å². The number of hydrogen-bond acceptors (Lipinski definition) is 4. The molecule has 7 heteroatoms. The number of hydrogen-bond donors (Lipinski definition) is 2. The topological polar surface area (TPSA) is 84.0 Å². The van der Waals surface area contributed by atoms with Gasteiger partial charge in [0, 0.05) is 11.0 Å². The van der Waals surface area contributed by atoms with Gasteiger partial charge in [0.2, 0.25) is 11.8 Å². The maximum Gasteiger partial charge on any atom is 0.243 e. The second kappa shape index (κ2) is 7.45. The van der Waals surface area contributed by atoms with E-state index in [1.807, 2.05) is 0 Å². The monoisotopic (exact) mass is 408 g/mol. The largest absolute Gasteiger partial charge is 0.347 e. The number of nitrogens with zero attached hydrogens (tertiary/aromatic N) is 2. The number of halogens is 1. The zero-order valence-corrected chi connectivity index (χ0v) is 16.7. The third-order valence-corrected chi connectivity index (χ3v) is 6.95. The van der Waals surface area contributed by atoms with Crippen LogP contribution in [0.4, 0.5) is 10.1 Å². The fourth-order valence-electron chi connectivity index (χ4n) is 6.11. The fraction of sp³-hybridized carbons (Fsp3) is 0.478. The third kappa shape index (κ3) is 3.68. The zero-order chi connectivity index (χ0) is 20.7. The molecule has 4 bridgehead atoms. The van der Waals surface area contributed by atoms with Crippen molar-refractivity contribution in [3.8, 4) is 11.4 Å². The van der Waals surface area contributed by atoms with Crippen molar-refractivity contribution in [2.24, 2.45) is 23.2 Å². The highest BCUT2D eigenvalue weighted by atomic mass is 19.1. The van der Waals surface area contributed by atoms with Crippen LogP contribution in [0.1, 0.15) is 38.5 Å². The average molecular weight is 408 g/mol. The number of benzene rings is 1. The number of carbonyl (C=O) groups is 2. The Bertz CT molecular complexity index is 940. The summed E-state index contributed by atoms with van der Waals surface area (Å²) < 4.78 is 13.3. The number of carbonyl (C=O) groups excluding carboxylic acids is 2. The molecule has 0 saturated heterocycles. The van der Waals surface area contributed by atoms with E-state index in [9.17, 15) is 14.0 Å². The van der Waals surface area contributed by atoms with Crippen molar-refractivity contribution < 1.29 is 14.0 Å². The Morgan fingerprint density at radius 2 is 1.67 bits per heavy atom. The van der Waals surface area contributed by atoms with E-state index in [-0.39, 0.29) is 29.6 Å². The minimum absolute atomic E-state index is 0.0365. The average Bonchev–Trinajstić information content (AvgIpc) is 2.71. The molecule has 6 rings (SSSR count). The molecule has 0 radical (unpaired) electrons. The number of rotatable bonds is 5. The first-order valence-corrected chi connectivity index (χ1v) is 10.7. The number of anilines is 1. The van der Waals surface area contributed by atoms with E-state index >= 15 is 0 Å². The molecule has 0 unspecified atom stereocenters. The Balaban J connectivity index is 1.16. The molecule has 2 amide bonds. The molecular weight excluding hydrogens is 383 g/mol. The van der Waals surface area contributed by atoms with Crippen LogP contribution in [0.25, 0.3) is 11.4 Å². The van der Waals surface area contributed by atoms with Crippen LogP contribution in [0.5, 0.6) is 0 Å². The van der Waals surface area contributed by atoms with Gasteiger partial charge in [0.15, 0.2) is 5.82 Å². The van der Waals surface area contributed by atoms with Gasteiger partial charge >= 0.3 is 0 Å². The van der Waals surface area contributed by atoms with Crippen molar-refractivity contribution in [3.63, 3.8) is 0 Å². The van der Waals surface area contributed by atoms with Crippen LogP contribution in [-0.2, 0) is 9.59 Å². The van der Waals surface area contributed by atoms with Gasteiger partial charge in [0.05, 0.1) is 24.6 Å². The van der Waals surface area contributed by atoms with Gasteiger partial charge in [-0.1, -0.05) is 12.1 Å². The molecule has 2 aromatic rings. The number of amides is 2. The van der Waals surface area contributed by atoms with Crippen LogP contribution in [0.2, 0.25) is 0 Å². The van der Waals surface area contributed by atoms with E-state index in [1.165, 1.54) is 43.8 Å². The van der Waals surface area contributed by atoms with Crippen molar-refractivity contribution in [3.05, 3.63) is 42.5 Å². The van der Waals surface area contributed by atoms with Gasteiger partial charge in [-0.3, -0.25) is 9.59 Å². The van der Waals surface area contributed by atoms with E-state index in [1.54, 1.807) is 12.1 Å². The first-order valence-electron chi connectivity index (χ1n) is 10.7. The van der Waals surface area contributed by atoms with Crippen LogP contribution >= 0.6 is 0 Å². The number of aromatic nitrogens is 2. The van der Waals surface area contributed by atoms with Crippen LogP contribution in [0.3, 0.4) is 0 Å². The highest BCUT2D eigenvalue weighted by Crippen LogP contribution is 2.60. The molecule has 0 spiro atoms. The molecule has 4 aliphatic carbocycles. The predicted molar refractivity (Wildman–Crippen MR) is 110 cm³/mol. The van der Waals surface area contributed by atoms with E-state index in [0.717, 1.165) is 19.3 Å². The minimum atomic E-state index is -0.358. The summed E-state index contributed by atoms with van der Waals surface area (Å²) in [5.74, 6) is 1.80. The zero-order valence-electron chi connectivity index (χ0n) is 16.7.